The van der Waals surface area contributed by atoms with E-state index in [0.29, 0.717) is 26.6 Å². The van der Waals surface area contributed by atoms with Crippen molar-refractivity contribution >= 4 is 40.7 Å². The Kier molecular flexibility index (Phi) is 7.36. The van der Waals surface area contributed by atoms with Gasteiger partial charge in [0, 0.05) is 10.6 Å². The van der Waals surface area contributed by atoms with Gasteiger partial charge in [0.2, 0.25) is 0 Å². The van der Waals surface area contributed by atoms with Gasteiger partial charge in [-0.2, -0.15) is 0 Å². The second kappa shape index (κ2) is 10.3. The second-order valence-corrected chi connectivity index (χ2v) is 9.60. The molecule has 0 saturated heterocycles. The number of carbonyl (C=O) groups excluding carboxylic acids is 1. The van der Waals surface area contributed by atoms with Crippen LogP contribution in [0, 0.1) is 11.6 Å². The molecule has 174 valence electrons. The van der Waals surface area contributed by atoms with Gasteiger partial charge in [0.25, 0.3) is 0 Å². The minimum Gasteiger partial charge on any atom is -0.293 e. The summed E-state index contributed by atoms with van der Waals surface area (Å²) in [6.45, 7) is 4.14. The first-order valence-corrected chi connectivity index (χ1v) is 12.1. The Bertz CT molecular complexity index is 1370. The molecule has 0 bridgehead atoms. The fourth-order valence-corrected chi connectivity index (χ4v) is 4.85. The molecule has 0 saturated carbocycles. The monoisotopic (exact) mass is 517 g/mol. The van der Waals surface area contributed by atoms with Crippen molar-refractivity contribution in [2.24, 2.45) is 0 Å². The lowest BCUT2D eigenvalue weighted by atomic mass is 10.0. The summed E-state index contributed by atoms with van der Waals surface area (Å²) >= 11 is 13.6. The van der Waals surface area contributed by atoms with Crippen molar-refractivity contribution in [1.82, 2.24) is 14.8 Å². The topological polar surface area (TPSA) is 47.8 Å². The molecule has 0 atom stereocenters. The molecule has 0 radical (unpaired) electrons. The van der Waals surface area contributed by atoms with Crippen LogP contribution in [0.5, 0.6) is 0 Å². The first-order valence-electron chi connectivity index (χ1n) is 10.4. The van der Waals surface area contributed by atoms with Crippen molar-refractivity contribution < 1.29 is 13.6 Å². The van der Waals surface area contributed by atoms with E-state index in [1.807, 2.05) is 28.8 Å². The maximum atomic E-state index is 14.1. The number of rotatable bonds is 7. The zero-order valence-electron chi connectivity index (χ0n) is 18.2. The van der Waals surface area contributed by atoms with E-state index in [9.17, 15) is 13.6 Å². The molecule has 0 fully saturated rings. The summed E-state index contributed by atoms with van der Waals surface area (Å²) in [5.41, 5.74) is 2.18. The van der Waals surface area contributed by atoms with Gasteiger partial charge < -0.3 is 0 Å². The molecular formula is C25H19Cl2F2N3OS. The van der Waals surface area contributed by atoms with E-state index in [2.05, 4.69) is 24.0 Å². The Morgan fingerprint density at radius 3 is 2.53 bits per heavy atom. The average molecular weight is 518 g/mol. The predicted molar refractivity (Wildman–Crippen MR) is 132 cm³/mol. The van der Waals surface area contributed by atoms with Gasteiger partial charge in [0.05, 0.1) is 22.0 Å². The molecule has 0 spiro atoms. The van der Waals surface area contributed by atoms with Crippen LogP contribution < -0.4 is 0 Å². The number of thioether (sulfide) groups is 1. The number of halogens is 4. The number of carbonyl (C=O) groups is 1. The number of para-hydroxylation sites is 1. The summed E-state index contributed by atoms with van der Waals surface area (Å²) in [6, 6.07) is 15.7. The van der Waals surface area contributed by atoms with Crippen molar-refractivity contribution in [3.05, 3.63) is 93.5 Å². The summed E-state index contributed by atoms with van der Waals surface area (Å²) in [5.74, 6) is -1.50. The smallest absolute Gasteiger partial charge is 0.196 e. The number of nitrogens with zero attached hydrogens (tertiary/aromatic N) is 3. The molecule has 3 aromatic carbocycles. The van der Waals surface area contributed by atoms with E-state index in [1.165, 1.54) is 0 Å². The molecule has 0 aliphatic carbocycles. The van der Waals surface area contributed by atoms with Crippen molar-refractivity contribution in [3.63, 3.8) is 0 Å². The van der Waals surface area contributed by atoms with Gasteiger partial charge in [-0.3, -0.25) is 9.36 Å². The van der Waals surface area contributed by atoms with Gasteiger partial charge >= 0.3 is 0 Å². The molecule has 0 aliphatic rings. The molecule has 0 unspecified atom stereocenters. The highest BCUT2D eigenvalue weighted by molar-refractivity contribution is 7.99. The lowest BCUT2D eigenvalue weighted by Gasteiger charge is -2.17. The van der Waals surface area contributed by atoms with Crippen LogP contribution in [0.15, 0.2) is 65.8 Å². The number of aromatic nitrogens is 3. The van der Waals surface area contributed by atoms with E-state index >= 15 is 0 Å². The molecule has 34 heavy (non-hydrogen) atoms. The molecular weight excluding hydrogens is 499 g/mol. The van der Waals surface area contributed by atoms with Crippen LogP contribution in [-0.4, -0.2) is 26.3 Å². The number of hydrogen-bond acceptors (Lipinski definition) is 4. The third-order valence-corrected chi connectivity index (χ3v) is 6.64. The molecule has 1 aromatic heterocycles. The van der Waals surface area contributed by atoms with Crippen LogP contribution >= 0.6 is 35.0 Å². The Labute approximate surface area is 209 Å². The molecule has 4 rings (SSSR count). The van der Waals surface area contributed by atoms with Gasteiger partial charge in [-0.1, -0.05) is 67.0 Å². The number of Topliss-reactive ketones (excluding diaryl/α,β-unsaturated/α-hetero) is 1. The molecule has 4 aromatic rings. The Balaban J connectivity index is 1.79. The minimum atomic E-state index is -0.771. The summed E-state index contributed by atoms with van der Waals surface area (Å²) in [5, 5.41) is 9.96. The van der Waals surface area contributed by atoms with E-state index in [4.69, 9.17) is 23.2 Å². The van der Waals surface area contributed by atoms with E-state index in [-0.39, 0.29) is 17.2 Å². The fraction of sp³-hybridized carbons (Fsp3) is 0.160. The largest absolute Gasteiger partial charge is 0.293 e. The molecule has 0 amide bonds. The zero-order valence-corrected chi connectivity index (χ0v) is 20.6. The molecule has 4 nitrogen and oxygen atoms in total. The minimum absolute atomic E-state index is 0.156. The normalized spacial score (nSPS) is 11.3. The standard InChI is InChI=1S/C25H19Cl2F2N3OS/c1-14(2)17-5-3-4-6-22(17)32-24(18-9-7-15(26)11-20(18)27)30-31-25(32)34-13-23(33)19-12-16(28)8-10-21(19)29/h3-12,14H,13H2,1-2H3. The summed E-state index contributed by atoms with van der Waals surface area (Å²) in [7, 11) is 0. The number of ketones is 1. The SMILES string of the molecule is CC(C)c1ccccc1-n1c(SCC(=O)c2cc(F)ccc2F)nnc1-c1ccc(Cl)cc1Cl. The van der Waals surface area contributed by atoms with Gasteiger partial charge in [-0.05, 0) is 53.9 Å². The summed E-state index contributed by atoms with van der Waals surface area (Å²) < 4.78 is 29.5. The van der Waals surface area contributed by atoms with Gasteiger partial charge in [0.15, 0.2) is 16.8 Å². The van der Waals surface area contributed by atoms with Crippen molar-refractivity contribution in [2.45, 2.75) is 24.9 Å². The predicted octanol–water partition coefficient (Wildman–Crippen LogP) is 7.62. The van der Waals surface area contributed by atoms with Crippen LogP contribution in [0.4, 0.5) is 8.78 Å². The van der Waals surface area contributed by atoms with E-state index < -0.39 is 17.4 Å². The average Bonchev–Trinajstić information content (AvgIpc) is 3.22. The molecule has 0 N–H and O–H groups in total. The van der Waals surface area contributed by atoms with E-state index in [1.54, 1.807) is 18.2 Å². The second-order valence-electron chi connectivity index (χ2n) is 7.82. The van der Waals surface area contributed by atoms with Gasteiger partial charge in [-0.25, -0.2) is 8.78 Å². The lowest BCUT2D eigenvalue weighted by molar-refractivity contribution is 0.101. The number of hydrogen-bond donors (Lipinski definition) is 0. The Morgan fingerprint density at radius 2 is 1.79 bits per heavy atom. The maximum Gasteiger partial charge on any atom is 0.196 e. The first kappa shape index (κ1) is 24.4. The number of benzene rings is 3. The highest BCUT2D eigenvalue weighted by atomic mass is 35.5. The molecule has 1 heterocycles. The van der Waals surface area contributed by atoms with Crippen LogP contribution in [0.2, 0.25) is 10.0 Å². The van der Waals surface area contributed by atoms with Crippen LogP contribution in [0.3, 0.4) is 0 Å². The fourth-order valence-electron chi connectivity index (χ4n) is 3.52. The van der Waals surface area contributed by atoms with Crippen molar-refractivity contribution in [1.29, 1.82) is 0 Å². The maximum absolute atomic E-state index is 14.1. The third kappa shape index (κ3) is 5.02. The van der Waals surface area contributed by atoms with E-state index in [0.717, 1.165) is 41.2 Å². The summed E-state index contributed by atoms with van der Waals surface area (Å²) in [6.07, 6.45) is 0. The van der Waals surface area contributed by atoms with Crippen LogP contribution in [-0.2, 0) is 0 Å². The molecule has 0 aliphatic heterocycles. The quantitative estimate of drug-likeness (QED) is 0.187. The Hall–Kier alpha value is -2.74. The van der Waals surface area contributed by atoms with Crippen molar-refractivity contribution in [3.8, 4) is 17.1 Å². The first-order chi connectivity index (χ1) is 16.3. The lowest BCUT2D eigenvalue weighted by Crippen LogP contribution is -2.08. The zero-order chi connectivity index (χ0) is 24.4. The highest BCUT2D eigenvalue weighted by Gasteiger charge is 2.22. The van der Waals surface area contributed by atoms with Gasteiger partial charge in [-0.15, -0.1) is 10.2 Å². The summed E-state index contributed by atoms with van der Waals surface area (Å²) in [4.78, 5) is 12.7. The molecule has 9 heteroatoms. The Morgan fingerprint density at radius 1 is 1.03 bits per heavy atom. The van der Waals surface area contributed by atoms with Crippen LogP contribution in [0.1, 0.15) is 35.7 Å². The van der Waals surface area contributed by atoms with Crippen LogP contribution in [0.25, 0.3) is 17.1 Å². The third-order valence-electron chi connectivity index (χ3n) is 5.17. The van der Waals surface area contributed by atoms with Gasteiger partial charge in [0.1, 0.15) is 11.6 Å². The highest BCUT2D eigenvalue weighted by Crippen LogP contribution is 2.36. The van der Waals surface area contributed by atoms with Crippen molar-refractivity contribution in [2.75, 3.05) is 5.75 Å².